The van der Waals surface area contributed by atoms with E-state index in [1.165, 1.54) is 12.8 Å². The van der Waals surface area contributed by atoms with Crippen LogP contribution >= 0.6 is 0 Å². The second-order valence-electron chi connectivity index (χ2n) is 4.39. The third-order valence-electron chi connectivity index (χ3n) is 3.34. The Morgan fingerprint density at radius 3 is 1.46 bits per heavy atom. The Morgan fingerprint density at radius 1 is 0.846 bits per heavy atom. The highest BCUT2D eigenvalue weighted by atomic mass is 16.0. The molecule has 0 aromatic heterocycles. The first-order valence-corrected chi connectivity index (χ1v) is 5.61. The van der Waals surface area contributed by atoms with Crippen LogP contribution in [0, 0.1) is 23.7 Å². The average molecular weight is 190 g/mol. The maximum absolute atomic E-state index is 2.40. The topological polar surface area (TPSA) is 31.5 Å². The van der Waals surface area contributed by atoms with E-state index in [1.54, 1.807) is 0 Å². The van der Waals surface area contributed by atoms with Crippen LogP contribution in [0.2, 0.25) is 0 Å². The fourth-order valence-corrected chi connectivity index (χ4v) is 2.36. The first-order chi connectivity index (χ1) is 5.61. The minimum atomic E-state index is 0. The highest BCUT2D eigenvalue weighted by Crippen LogP contribution is 2.36. The van der Waals surface area contributed by atoms with E-state index >= 15 is 0 Å². The summed E-state index contributed by atoms with van der Waals surface area (Å²) in [5, 5.41) is 0. The molecule has 0 aromatic carbocycles. The molecule has 1 saturated carbocycles. The summed E-state index contributed by atoms with van der Waals surface area (Å²) < 4.78 is 0. The maximum Gasteiger partial charge on any atom is 0 e. The van der Waals surface area contributed by atoms with Crippen LogP contribution in [-0.2, 0) is 0 Å². The van der Waals surface area contributed by atoms with E-state index in [-0.39, 0.29) is 6.90 Å². The molecule has 1 aliphatic carbocycles. The highest BCUT2D eigenvalue weighted by molar-refractivity contribution is 4.77. The maximum atomic E-state index is 2.40. The summed E-state index contributed by atoms with van der Waals surface area (Å²) in [6.07, 6.45) is 2.90. The van der Waals surface area contributed by atoms with Crippen molar-refractivity contribution in [2.75, 3.05) is 0 Å². The summed E-state index contributed by atoms with van der Waals surface area (Å²) in [6.45, 7) is 13.6. The summed E-state index contributed by atoms with van der Waals surface area (Å²) in [7, 11) is 0. The molecule has 13 heavy (non-hydrogen) atoms. The van der Waals surface area contributed by atoms with Crippen molar-refractivity contribution in [1.82, 2.24) is 0 Å². The molecule has 0 heterocycles. The highest BCUT2D eigenvalue weighted by Gasteiger charge is 2.27. The zero-order chi connectivity index (χ0) is 9.72. The van der Waals surface area contributed by atoms with E-state index < -0.39 is 0 Å². The van der Waals surface area contributed by atoms with E-state index in [2.05, 4.69) is 27.7 Å². The summed E-state index contributed by atoms with van der Waals surface area (Å²) >= 11 is 0. The molecule has 0 saturated heterocycles. The molecular weight excluding hydrogens is 160 g/mol. The van der Waals surface area contributed by atoms with E-state index in [9.17, 15) is 0 Å². The lowest BCUT2D eigenvalue weighted by Crippen LogP contribution is -2.26. The van der Waals surface area contributed by atoms with Gasteiger partial charge in [-0.05, 0) is 36.5 Å². The van der Waals surface area contributed by atoms with Crippen LogP contribution in [0.5, 0.6) is 0 Å². The Balaban J connectivity index is -0.000000284. The van der Waals surface area contributed by atoms with E-state index in [1.807, 2.05) is 13.8 Å². The van der Waals surface area contributed by atoms with Crippen molar-refractivity contribution in [2.24, 2.45) is 23.7 Å². The van der Waals surface area contributed by atoms with Gasteiger partial charge in [-0.2, -0.15) is 0 Å². The van der Waals surface area contributed by atoms with Gasteiger partial charge in [0.25, 0.3) is 0 Å². The summed E-state index contributed by atoms with van der Waals surface area (Å²) in [5.74, 6) is 3.84. The van der Waals surface area contributed by atoms with Gasteiger partial charge in [-0.25, -0.2) is 0 Å². The van der Waals surface area contributed by atoms with Gasteiger partial charge < -0.3 is 5.48 Å². The normalized spacial score (nSPS) is 38.3. The van der Waals surface area contributed by atoms with Gasteiger partial charge in [0.2, 0.25) is 0 Å². The Kier molecular flexibility index (Phi) is 8.75. The molecule has 84 valence electrons. The van der Waals surface area contributed by atoms with Gasteiger partial charge in [0.15, 0.2) is 0 Å². The molecule has 2 N–H and O–H groups in total. The summed E-state index contributed by atoms with van der Waals surface area (Å²) in [4.78, 5) is 0. The molecule has 1 fully saturated rings. The minimum absolute atomic E-state index is 0. The van der Waals surface area contributed by atoms with Crippen LogP contribution in [0.15, 0.2) is 0 Å². The largest absolute Gasteiger partial charge is 0.412 e. The monoisotopic (exact) mass is 190 g/mol. The quantitative estimate of drug-likeness (QED) is 0.557. The van der Waals surface area contributed by atoms with Crippen molar-refractivity contribution < 1.29 is 6.90 Å². The van der Waals surface area contributed by atoms with Gasteiger partial charge in [-0.3, -0.25) is 0 Å². The smallest absolute Gasteiger partial charge is 0 e. The van der Waals surface area contributed by atoms with Crippen molar-refractivity contribution in [1.29, 1.82) is 0 Å². The fourth-order valence-electron chi connectivity index (χ4n) is 2.36. The lowest BCUT2D eigenvalue weighted by molar-refractivity contribution is 0.151. The number of hydrogen-bond donors (Lipinski definition) is 0. The standard InChI is InChI=1S/C10H20.C2H6.H2O.H2/c1-7-5-8(2)10(4)9(3)6-7;1-2;;/h7-10H,5-6H2,1-4H3;1-2H3;1H2;1H. The molecule has 2 atom stereocenters. The van der Waals surface area contributed by atoms with Gasteiger partial charge in [0.1, 0.15) is 0 Å². The van der Waals surface area contributed by atoms with E-state index in [4.69, 9.17) is 0 Å². The van der Waals surface area contributed by atoms with E-state index in [0.717, 1.165) is 23.7 Å². The van der Waals surface area contributed by atoms with Crippen LogP contribution in [-0.4, -0.2) is 5.48 Å². The first kappa shape index (κ1) is 15.4. The molecule has 0 radical (unpaired) electrons. The summed E-state index contributed by atoms with van der Waals surface area (Å²) in [5.41, 5.74) is 0. The molecule has 0 aliphatic heterocycles. The van der Waals surface area contributed by atoms with Crippen LogP contribution < -0.4 is 0 Å². The SMILES string of the molecule is CC.CC1CC(C)C(C)C(C)C1.O.[HH]. The third kappa shape index (κ3) is 4.66. The van der Waals surface area contributed by atoms with Crippen molar-refractivity contribution in [3.05, 3.63) is 0 Å². The first-order valence-electron chi connectivity index (χ1n) is 5.61. The zero-order valence-electron chi connectivity index (χ0n) is 10.2. The van der Waals surface area contributed by atoms with Crippen molar-refractivity contribution in [2.45, 2.75) is 54.4 Å². The minimum Gasteiger partial charge on any atom is -0.412 e. The van der Waals surface area contributed by atoms with Crippen molar-refractivity contribution in [3.63, 3.8) is 0 Å². The van der Waals surface area contributed by atoms with Gasteiger partial charge in [0, 0.05) is 1.43 Å². The molecule has 0 aromatic rings. The predicted molar refractivity (Wildman–Crippen MR) is 63.0 cm³/mol. The fraction of sp³-hybridized carbons (Fsp3) is 1.00. The average Bonchev–Trinajstić information content (AvgIpc) is 2.04. The summed E-state index contributed by atoms with van der Waals surface area (Å²) in [6, 6.07) is 0. The van der Waals surface area contributed by atoms with Gasteiger partial charge in [-0.15, -0.1) is 0 Å². The second kappa shape index (κ2) is 7.37. The van der Waals surface area contributed by atoms with Crippen LogP contribution in [0.4, 0.5) is 0 Å². The predicted octanol–water partition coefficient (Wildman–Crippen LogP) is 3.77. The Hall–Kier alpha value is -0.0400. The Labute approximate surface area is 85.7 Å². The van der Waals surface area contributed by atoms with Crippen LogP contribution in [0.1, 0.15) is 55.8 Å². The van der Waals surface area contributed by atoms with Gasteiger partial charge in [-0.1, -0.05) is 41.5 Å². The molecule has 0 spiro atoms. The van der Waals surface area contributed by atoms with Crippen LogP contribution in [0.25, 0.3) is 0 Å². The van der Waals surface area contributed by atoms with Crippen molar-refractivity contribution in [3.8, 4) is 0 Å². The second-order valence-corrected chi connectivity index (χ2v) is 4.39. The number of hydrogen-bond acceptors (Lipinski definition) is 0. The van der Waals surface area contributed by atoms with Gasteiger partial charge >= 0.3 is 0 Å². The van der Waals surface area contributed by atoms with Gasteiger partial charge in [0.05, 0.1) is 0 Å². The molecular formula is C12H30O. The zero-order valence-corrected chi connectivity index (χ0v) is 10.2. The molecule has 2 unspecified atom stereocenters. The molecule has 1 nitrogen and oxygen atoms in total. The molecule has 0 amide bonds. The number of rotatable bonds is 0. The molecule has 1 heteroatoms. The Morgan fingerprint density at radius 2 is 1.15 bits per heavy atom. The lowest BCUT2D eigenvalue weighted by atomic mass is 9.71. The lowest BCUT2D eigenvalue weighted by Gasteiger charge is -2.35. The third-order valence-corrected chi connectivity index (χ3v) is 3.34. The molecule has 1 aliphatic rings. The van der Waals surface area contributed by atoms with Crippen LogP contribution in [0.3, 0.4) is 0 Å². The molecule has 1 rings (SSSR count). The molecule has 0 bridgehead atoms. The van der Waals surface area contributed by atoms with Crippen molar-refractivity contribution >= 4 is 0 Å². The van der Waals surface area contributed by atoms with E-state index in [0.29, 0.717) is 0 Å². The Bertz CT molecular complexity index is 105.